The second-order valence-electron chi connectivity index (χ2n) is 7.77. The average molecular weight is 287 g/mol. The molecule has 2 aliphatic heterocycles. The van der Waals surface area contributed by atoms with E-state index < -0.39 is 0 Å². The number of fused-ring (bicyclic) bond motifs is 2. The van der Waals surface area contributed by atoms with E-state index in [0.717, 1.165) is 26.1 Å². The number of para-hydroxylation sites is 1. The van der Waals surface area contributed by atoms with Gasteiger partial charge in [-0.2, -0.15) is 0 Å². The summed E-state index contributed by atoms with van der Waals surface area (Å²) < 4.78 is 0. The highest BCUT2D eigenvalue weighted by Crippen LogP contribution is 2.45. The monoisotopic (exact) mass is 287 g/mol. The molecule has 0 bridgehead atoms. The molecule has 1 fully saturated rings. The van der Waals surface area contributed by atoms with Gasteiger partial charge in [0.15, 0.2) is 0 Å². The Morgan fingerprint density at radius 3 is 2.81 bits per heavy atom. The van der Waals surface area contributed by atoms with Gasteiger partial charge in [0.05, 0.1) is 6.04 Å². The number of rotatable bonds is 2. The molecular weight excluding hydrogens is 262 g/mol. The van der Waals surface area contributed by atoms with Crippen LogP contribution in [0.1, 0.15) is 32.8 Å². The highest BCUT2D eigenvalue weighted by atomic mass is 16.1. The third-order valence-electron chi connectivity index (χ3n) is 4.65. The molecule has 2 atom stereocenters. The Balaban J connectivity index is 1.92. The highest BCUT2D eigenvalue weighted by Gasteiger charge is 2.50. The lowest BCUT2D eigenvalue weighted by Crippen LogP contribution is -2.44. The van der Waals surface area contributed by atoms with Crippen molar-refractivity contribution in [1.82, 2.24) is 4.90 Å². The quantitative estimate of drug-likeness (QED) is 0.874. The fourth-order valence-corrected chi connectivity index (χ4v) is 3.90. The molecule has 0 saturated carbocycles. The molecule has 1 saturated heterocycles. The number of amides is 1. The number of carbonyl (C=O) groups is 1. The molecule has 114 valence electrons. The number of likely N-dealkylation sites (tertiary alicyclic amines) is 1. The Labute approximate surface area is 126 Å². The minimum atomic E-state index is -0.194. The van der Waals surface area contributed by atoms with Gasteiger partial charge in [-0.25, -0.2) is 0 Å². The fourth-order valence-electron chi connectivity index (χ4n) is 3.90. The van der Waals surface area contributed by atoms with Gasteiger partial charge in [0.1, 0.15) is 0 Å². The number of hydrogen-bond acceptors (Lipinski definition) is 3. The van der Waals surface area contributed by atoms with E-state index in [4.69, 9.17) is 5.73 Å². The first-order chi connectivity index (χ1) is 9.81. The number of nitrogens with one attached hydrogen (secondary N) is 1. The van der Waals surface area contributed by atoms with Gasteiger partial charge in [0, 0.05) is 30.7 Å². The minimum absolute atomic E-state index is 0.0293. The summed E-state index contributed by atoms with van der Waals surface area (Å²) in [6.45, 7) is 9.31. The molecule has 1 aromatic carbocycles. The van der Waals surface area contributed by atoms with Crippen molar-refractivity contribution in [3.63, 3.8) is 0 Å². The number of benzene rings is 1. The minimum Gasteiger partial charge on any atom is -0.384 e. The van der Waals surface area contributed by atoms with Crippen LogP contribution in [0.15, 0.2) is 24.3 Å². The van der Waals surface area contributed by atoms with Crippen LogP contribution in [0.2, 0.25) is 0 Å². The van der Waals surface area contributed by atoms with Crippen LogP contribution in [0.4, 0.5) is 5.69 Å². The molecule has 1 aromatic rings. The van der Waals surface area contributed by atoms with Crippen LogP contribution in [-0.2, 0) is 10.2 Å². The maximum absolute atomic E-state index is 11.9. The first-order valence-corrected chi connectivity index (χ1v) is 7.68. The van der Waals surface area contributed by atoms with Crippen molar-refractivity contribution < 1.29 is 4.79 Å². The SMILES string of the molecule is CC(C)(C)CN1CC2(CNc3ccccc32)CC1C(N)=O. The van der Waals surface area contributed by atoms with E-state index in [1.165, 1.54) is 11.3 Å². The maximum Gasteiger partial charge on any atom is 0.234 e. The van der Waals surface area contributed by atoms with Gasteiger partial charge in [-0.3, -0.25) is 9.69 Å². The van der Waals surface area contributed by atoms with Crippen molar-refractivity contribution in [3.8, 4) is 0 Å². The third kappa shape index (κ3) is 2.53. The molecule has 21 heavy (non-hydrogen) atoms. The van der Waals surface area contributed by atoms with Gasteiger partial charge >= 0.3 is 0 Å². The van der Waals surface area contributed by atoms with Crippen molar-refractivity contribution in [1.29, 1.82) is 0 Å². The Bertz CT molecular complexity index is 563. The largest absolute Gasteiger partial charge is 0.384 e. The lowest BCUT2D eigenvalue weighted by atomic mass is 9.80. The molecule has 2 heterocycles. The van der Waals surface area contributed by atoms with Crippen LogP contribution in [0.5, 0.6) is 0 Å². The molecule has 0 aliphatic carbocycles. The Kier molecular flexibility index (Phi) is 3.24. The predicted molar refractivity (Wildman–Crippen MR) is 85.2 cm³/mol. The highest BCUT2D eigenvalue weighted by molar-refractivity contribution is 5.81. The van der Waals surface area contributed by atoms with E-state index in [1.54, 1.807) is 0 Å². The van der Waals surface area contributed by atoms with E-state index in [0.29, 0.717) is 0 Å². The van der Waals surface area contributed by atoms with Gasteiger partial charge in [-0.05, 0) is 23.5 Å². The van der Waals surface area contributed by atoms with Crippen LogP contribution >= 0.6 is 0 Å². The predicted octanol–water partition coefficient (Wildman–Crippen LogP) is 1.96. The molecule has 2 unspecified atom stereocenters. The molecule has 0 radical (unpaired) electrons. The molecule has 0 aromatic heterocycles. The summed E-state index contributed by atoms with van der Waals surface area (Å²) in [6, 6.07) is 8.29. The van der Waals surface area contributed by atoms with Crippen LogP contribution in [0.3, 0.4) is 0 Å². The van der Waals surface area contributed by atoms with Gasteiger partial charge in [-0.15, -0.1) is 0 Å². The first-order valence-electron chi connectivity index (χ1n) is 7.68. The molecule has 1 amide bonds. The standard InChI is InChI=1S/C17H25N3O/c1-16(2,3)10-20-11-17(8-14(20)15(18)21)9-19-13-7-5-4-6-12(13)17/h4-7,14,19H,8-11H2,1-3H3,(H2,18,21). The first kappa shape index (κ1) is 14.4. The summed E-state index contributed by atoms with van der Waals surface area (Å²) >= 11 is 0. The van der Waals surface area contributed by atoms with Crippen LogP contribution in [-0.4, -0.2) is 36.5 Å². The number of primary amides is 1. The molecule has 2 aliphatic rings. The molecule has 4 heteroatoms. The molecular formula is C17H25N3O. The zero-order chi connectivity index (χ0) is 15.3. The van der Waals surface area contributed by atoms with Gasteiger partial charge in [0.25, 0.3) is 0 Å². The summed E-state index contributed by atoms with van der Waals surface area (Å²) in [5.74, 6) is -0.194. The van der Waals surface area contributed by atoms with Gasteiger partial charge in [0.2, 0.25) is 5.91 Å². The summed E-state index contributed by atoms with van der Waals surface area (Å²) in [5, 5.41) is 3.50. The summed E-state index contributed by atoms with van der Waals surface area (Å²) in [5.41, 5.74) is 8.41. The van der Waals surface area contributed by atoms with E-state index in [2.05, 4.69) is 55.3 Å². The lowest BCUT2D eigenvalue weighted by Gasteiger charge is -2.30. The zero-order valence-corrected chi connectivity index (χ0v) is 13.1. The van der Waals surface area contributed by atoms with E-state index in [1.807, 2.05) is 0 Å². The fraction of sp³-hybridized carbons (Fsp3) is 0.588. The Morgan fingerprint density at radius 1 is 1.43 bits per heavy atom. The molecule has 3 rings (SSSR count). The van der Waals surface area contributed by atoms with Crippen molar-refractivity contribution in [3.05, 3.63) is 29.8 Å². The topological polar surface area (TPSA) is 58.4 Å². The van der Waals surface area contributed by atoms with Crippen LogP contribution < -0.4 is 11.1 Å². The number of hydrogen-bond donors (Lipinski definition) is 2. The summed E-state index contributed by atoms with van der Waals surface area (Å²) in [7, 11) is 0. The summed E-state index contributed by atoms with van der Waals surface area (Å²) in [4.78, 5) is 14.2. The second-order valence-corrected chi connectivity index (χ2v) is 7.77. The Hall–Kier alpha value is -1.55. The molecule has 3 N–H and O–H groups in total. The van der Waals surface area contributed by atoms with Crippen molar-refractivity contribution in [2.24, 2.45) is 11.1 Å². The zero-order valence-electron chi connectivity index (χ0n) is 13.1. The molecule has 4 nitrogen and oxygen atoms in total. The smallest absolute Gasteiger partial charge is 0.234 e. The maximum atomic E-state index is 11.9. The Morgan fingerprint density at radius 2 is 2.14 bits per heavy atom. The van der Waals surface area contributed by atoms with Crippen molar-refractivity contribution >= 4 is 11.6 Å². The number of anilines is 1. The summed E-state index contributed by atoms with van der Waals surface area (Å²) in [6.07, 6.45) is 0.822. The van der Waals surface area contributed by atoms with E-state index in [9.17, 15) is 4.79 Å². The number of nitrogens with two attached hydrogens (primary N) is 1. The van der Waals surface area contributed by atoms with Crippen molar-refractivity contribution in [2.45, 2.75) is 38.6 Å². The van der Waals surface area contributed by atoms with Gasteiger partial charge < -0.3 is 11.1 Å². The van der Waals surface area contributed by atoms with Crippen LogP contribution in [0.25, 0.3) is 0 Å². The second kappa shape index (κ2) is 4.73. The normalized spacial score (nSPS) is 28.6. The van der Waals surface area contributed by atoms with E-state index in [-0.39, 0.29) is 22.8 Å². The van der Waals surface area contributed by atoms with Crippen molar-refractivity contribution in [2.75, 3.05) is 25.0 Å². The number of nitrogens with zero attached hydrogens (tertiary/aromatic N) is 1. The molecule has 1 spiro atoms. The van der Waals surface area contributed by atoms with Gasteiger partial charge in [-0.1, -0.05) is 39.0 Å². The van der Waals surface area contributed by atoms with E-state index >= 15 is 0 Å². The number of carbonyl (C=O) groups excluding carboxylic acids is 1. The van der Waals surface area contributed by atoms with Crippen LogP contribution in [0, 0.1) is 5.41 Å². The lowest BCUT2D eigenvalue weighted by molar-refractivity contribution is -0.122. The average Bonchev–Trinajstić information content (AvgIpc) is 2.91. The third-order valence-corrected chi connectivity index (χ3v) is 4.65.